The Labute approximate surface area is 206 Å². The molecule has 0 aliphatic rings. The van der Waals surface area contributed by atoms with Gasteiger partial charge in [0.25, 0.3) is 11.6 Å². The number of hydrogen-bond acceptors (Lipinski definition) is 8. The minimum absolute atomic E-state index is 0.254. The van der Waals surface area contributed by atoms with Crippen molar-refractivity contribution in [3.05, 3.63) is 81.9 Å². The summed E-state index contributed by atoms with van der Waals surface area (Å²) in [7, 11) is 1.25. The van der Waals surface area contributed by atoms with Crippen LogP contribution >= 0.6 is 11.8 Å². The zero-order valence-electron chi connectivity index (χ0n) is 18.5. The smallest absolute Gasteiger partial charge is 0.413 e. The first kappa shape index (κ1) is 24.2. The highest BCUT2D eigenvalue weighted by molar-refractivity contribution is 7.99. The Morgan fingerprint density at radius 1 is 1.06 bits per heavy atom. The average Bonchev–Trinajstić information content (AvgIpc) is 3.25. The normalized spacial score (nSPS) is 10.6. The number of aromatic amines is 1. The van der Waals surface area contributed by atoms with E-state index in [9.17, 15) is 29.6 Å². The van der Waals surface area contributed by atoms with Crippen LogP contribution < -0.4 is 10.6 Å². The van der Waals surface area contributed by atoms with Crippen molar-refractivity contribution in [2.75, 3.05) is 17.7 Å². The molecule has 1 heterocycles. The van der Waals surface area contributed by atoms with Gasteiger partial charge >= 0.3 is 12.1 Å². The molecule has 0 atom stereocenters. The number of aromatic nitrogens is 2. The highest BCUT2D eigenvalue weighted by atomic mass is 32.2. The summed E-state index contributed by atoms with van der Waals surface area (Å²) in [5.41, 5.74) is 0.101. The first-order valence-electron chi connectivity index (χ1n) is 10.2. The molecule has 2 amide bonds. The Morgan fingerprint density at radius 3 is 2.44 bits per heavy atom. The number of nitrogens with zero attached hydrogens (tertiary/aromatic N) is 2. The molecule has 0 aliphatic carbocycles. The molecule has 182 valence electrons. The number of rotatable bonds is 7. The van der Waals surface area contributed by atoms with E-state index in [-0.39, 0.29) is 5.95 Å². The minimum Gasteiger partial charge on any atom is -0.478 e. The standard InChI is InChI=1S/C23H17N5O7S/c1-35-23(32)27-22-25-16-10-9-14(11-17(16)26-22)36-13-7-5-12(6-8-13)24-20(29)19-15(21(30)31)3-2-4-18(19)28(33)34/h2-11H,1H3,(H,24,29)(H,30,31)(H2,25,26,27,32). The van der Waals surface area contributed by atoms with Gasteiger partial charge in [0.05, 0.1) is 28.6 Å². The topological polar surface area (TPSA) is 177 Å². The summed E-state index contributed by atoms with van der Waals surface area (Å²) in [5, 5.41) is 25.6. The van der Waals surface area contributed by atoms with E-state index in [0.29, 0.717) is 16.7 Å². The van der Waals surface area contributed by atoms with E-state index in [0.717, 1.165) is 21.9 Å². The molecule has 0 bridgehead atoms. The van der Waals surface area contributed by atoms with E-state index >= 15 is 0 Å². The molecule has 12 nitrogen and oxygen atoms in total. The van der Waals surface area contributed by atoms with Crippen LogP contribution in [0.5, 0.6) is 0 Å². The molecular weight excluding hydrogens is 490 g/mol. The van der Waals surface area contributed by atoms with Crippen molar-refractivity contribution in [1.29, 1.82) is 0 Å². The second kappa shape index (κ2) is 10.1. The highest BCUT2D eigenvalue weighted by Gasteiger charge is 2.27. The number of benzene rings is 3. The number of hydrogen-bond donors (Lipinski definition) is 4. The maximum absolute atomic E-state index is 12.7. The molecule has 1 aromatic heterocycles. The molecule has 3 aromatic carbocycles. The van der Waals surface area contributed by atoms with Crippen LogP contribution in [0.1, 0.15) is 20.7 Å². The van der Waals surface area contributed by atoms with Gasteiger partial charge in [-0.3, -0.25) is 20.2 Å². The van der Waals surface area contributed by atoms with Crippen molar-refractivity contribution in [1.82, 2.24) is 9.97 Å². The fraction of sp³-hybridized carbons (Fsp3) is 0.0435. The van der Waals surface area contributed by atoms with Crippen LogP contribution in [0.3, 0.4) is 0 Å². The first-order valence-corrected chi connectivity index (χ1v) is 11.0. The van der Waals surface area contributed by atoms with E-state index in [2.05, 4.69) is 25.3 Å². The number of methoxy groups -OCH3 is 1. The van der Waals surface area contributed by atoms with Gasteiger partial charge in [-0.15, -0.1) is 0 Å². The zero-order valence-corrected chi connectivity index (χ0v) is 19.3. The van der Waals surface area contributed by atoms with Gasteiger partial charge in [-0.2, -0.15) is 0 Å². The van der Waals surface area contributed by atoms with Gasteiger partial charge in [-0.25, -0.2) is 14.6 Å². The first-order chi connectivity index (χ1) is 17.2. The van der Waals surface area contributed by atoms with Gasteiger partial charge in [-0.1, -0.05) is 17.8 Å². The van der Waals surface area contributed by atoms with Crippen LogP contribution in [0.4, 0.5) is 22.1 Å². The third kappa shape index (κ3) is 5.26. The number of aromatic carboxylic acids is 1. The number of carboxylic acids is 1. The van der Waals surface area contributed by atoms with E-state index in [1.165, 1.54) is 24.9 Å². The van der Waals surface area contributed by atoms with Gasteiger partial charge in [0.15, 0.2) is 0 Å². The lowest BCUT2D eigenvalue weighted by molar-refractivity contribution is -0.385. The van der Waals surface area contributed by atoms with Crippen molar-refractivity contribution in [2.24, 2.45) is 0 Å². The van der Waals surface area contributed by atoms with Gasteiger partial charge in [0.2, 0.25) is 5.95 Å². The predicted molar refractivity (Wildman–Crippen MR) is 131 cm³/mol. The molecule has 0 unspecified atom stereocenters. The number of ether oxygens (including phenoxy) is 1. The van der Waals surface area contributed by atoms with Crippen LogP contribution in [0.25, 0.3) is 11.0 Å². The Hall–Kier alpha value is -4.91. The van der Waals surface area contributed by atoms with Crippen molar-refractivity contribution >= 4 is 58.1 Å². The van der Waals surface area contributed by atoms with Crippen molar-refractivity contribution < 1.29 is 29.2 Å². The number of anilines is 2. The van der Waals surface area contributed by atoms with E-state index in [4.69, 9.17) is 0 Å². The van der Waals surface area contributed by atoms with Crippen LogP contribution in [0, 0.1) is 10.1 Å². The molecule has 0 spiro atoms. The maximum Gasteiger partial charge on any atom is 0.413 e. The number of amides is 2. The fourth-order valence-electron chi connectivity index (χ4n) is 3.30. The van der Waals surface area contributed by atoms with Gasteiger partial charge < -0.3 is 20.1 Å². The van der Waals surface area contributed by atoms with Crippen LogP contribution in [0.2, 0.25) is 0 Å². The zero-order chi connectivity index (χ0) is 25.8. The number of H-pyrrole nitrogens is 1. The number of imidazole rings is 1. The molecule has 0 saturated carbocycles. The van der Waals surface area contributed by atoms with E-state index < -0.39 is 39.7 Å². The second-order valence-corrected chi connectivity index (χ2v) is 8.37. The number of nitrogens with one attached hydrogen (secondary N) is 3. The second-order valence-electron chi connectivity index (χ2n) is 7.22. The fourth-order valence-corrected chi connectivity index (χ4v) is 4.16. The predicted octanol–water partition coefficient (Wildman–Crippen LogP) is 4.75. The van der Waals surface area contributed by atoms with E-state index in [1.54, 1.807) is 30.3 Å². The molecular formula is C23H17N5O7S. The highest BCUT2D eigenvalue weighted by Crippen LogP contribution is 2.31. The summed E-state index contributed by atoms with van der Waals surface area (Å²) >= 11 is 1.43. The van der Waals surface area contributed by atoms with Gasteiger partial charge in [-0.05, 0) is 48.5 Å². The number of nitro groups is 1. The van der Waals surface area contributed by atoms with Crippen LogP contribution in [0.15, 0.2) is 70.5 Å². The van der Waals surface area contributed by atoms with E-state index in [1.807, 2.05) is 12.1 Å². The molecule has 0 fully saturated rings. The molecule has 0 aliphatic heterocycles. The molecule has 13 heteroatoms. The number of carboxylic acid groups (broad SMARTS) is 1. The van der Waals surface area contributed by atoms with Crippen molar-refractivity contribution in [3.63, 3.8) is 0 Å². The molecule has 0 radical (unpaired) electrons. The summed E-state index contributed by atoms with van der Waals surface area (Å²) in [6, 6.07) is 15.6. The summed E-state index contributed by atoms with van der Waals surface area (Å²) in [6.07, 6.45) is -0.642. The number of nitro benzene ring substituents is 1. The maximum atomic E-state index is 12.7. The Morgan fingerprint density at radius 2 is 1.78 bits per heavy atom. The SMILES string of the molecule is COC(=O)Nc1nc2ccc(Sc3ccc(NC(=O)c4c(C(=O)O)cccc4[N+](=O)[O-])cc3)cc2[nH]1. The lowest BCUT2D eigenvalue weighted by Gasteiger charge is -2.09. The molecule has 4 N–H and O–H groups in total. The molecule has 4 rings (SSSR count). The monoisotopic (exact) mass is 507 g/mol. The van der Waals surface area contributed by atoms with Gasteiger partial charge in [0.1, 0.15) is 5.56 Å². The number of carbonyl (C=O) groups excluding carboxylic acids is 2. The Balaban J connectivity index is 1.49. The quantitative estimate of drug-likeness (QED) is 0.203. The third-order valence-corrected chi connectivity index (χ3v) is 5.90. The molecule has 36 heavy (non-hydrogen) atoms. The van der Waals surface area contributed by atoms with Gasteiger partial charge in [0, 0.05) is 21.5 Å². The van der Waals surface area contributed by atoms with Crippen LogP contribution in [-0.2, 0) is 4.74 Å². The lowest BCUT2D eigenvalue weighted by Crippen LogP contribution is -2.18. The van der Waals surface area contributed by atoms with Crippen molar-refractivity contribution in [2.45, 2.75) is 9.79 Å². The Kier molecular flexibility index (Phi) is 6.83. The number of fused-ring (bicyclic) bond motifs is 1. The summed E-state index contributed by atoms with van der Waals surface area (Å²) in [4.78, 5) is 55.0. The lowest BCUT2D eigenvalue weighted by atomic mass is 10.0. The third-order valence-electron chi connectivity index (χ3n) is 4.90. The van der Waals surface area contributed by atoms with Crippen molar-refractivity contribution in [3.8, 4) is 0 Å². The summed E-state index contributed by atoms with van der Waals surface area (Å²) in [5.74, 6) is -2.09. The Bertz CT molecular complexity index is 1470. The summed E-state index contributed by atoms with van der Waals surface area (Å²) < 4.78 is 4.55. The average molecular weight is 507 g/mol. The number of carbonyl (C=O) groups is 3. The van der Waals surface area contributed by atoms with Crippen LogP contribution in [-0.4, -0.2) is 45.1 Å². The molecule has 0 saturated heterocycles. The summed E-state index contributed by atoms with van der Waals surface area (Å²) in [6.45, 7) is 0. The molecule has 4 aromatic rings. The minimum atomic E-state index is -1.45. The largest absolute Gasteiger partial charge is 0.478 e.